The second kappa shape index (κ2) is 12.9. The highest BCUT2D eigenvalue weighted by molar-refractivity contribution is 6.29. The lowest BCUT2D eigenvalue weighted by atomic mass is 9.91. The smallest absolute Gasteiger partial charge is 0.162 e. The average molecular weight is 771 g/mol. The van der Waals surface area contributed by atoms with Crippen LogP contribution in [-0.2, 0) is 0 Å². The van der Waals surface area contributed by atoms with E-state index >= 15 is 0 Å². The summed E-state index contributed by atoms with van der Waals surface area (Å²) in [5, 5.41) is 5.46. The minimum atomic E-state index is -0.344. The first kappa shape index (κ1) is 33.5. The molecule has 0 saturated carbocycles. The topological polar surface area (TPSA) is 42.0 Å². The molecule has 2 aromatic heterocycles. The summed E-state index contributed by atoms with van der Waals surface area (Å²) in [6.45, 7) is 0. The Kier molecular flexibility index (Phi) is 7.35. The van der Waals surface area contributed by atoms with E-state index in [2.05, 4.69) is 76.6 Å². The number of rotatable bonds is 6. The van der Waals surface area contributed by atoms with Crippen molar-refractivity contribution in [1.29, 1.82) is 0 Å². The summed E-state index contributed by atoms with van der Waals surface area (Å²) < 4.78 is 50.1. The van der Waals surface area contributed by atoms with Crippen LogP contribution in [0.15, 0.2) is 191 Å². The fourth-order valence-electron chi connectivity index (χ4n) is 9.15. The summed E-state index contributed by atoms with van der Waals surface area (Å²) in [4.78, 5) is 4.30. The van der Waals surface area contributed by atoms with Gasteiger partial charge in [-0.15, -0.1) is 0 Å². The Labute approximate surface area is 336 Å². The first-order valence-corrected chi connectivity index (χ1v) is 19.6. The standard InChI is InChI=1S/C52H32F2N2O3/c53-31-23-27-33(28-24-31)55(42-18-9-16-39-35-11-3-6-20-44(35)57-50(39)42)48-37-13-1-2-14-38(37)49(52-47(48)41-15-5-8-22-46(41)59-52)56(34-29-25-32(54)26-30-34)43-19-10-17-40-36-12-4-7-21-45(36)58-51(40)43/h1-30,35,44H. The second-order valence-electron chi connectivity index (χ2n) is 15.0. The maximum absolute atomic E-state index is 14.8. The third kappa shape index (κ3) is 5.07. The third-order valence-electron chi connectivity index (χ3n) is 11.7. The summed E-state index contributed by atoms with van der Waals surface area (Å²) in [6, 6.07) is 49.8. The van der Waals surface area contributed by atoms with Crippen LogP contribution in [0.2, 0.25) is 0 Å². The number of anilines is 6. The lowest BCUT2D eigenvalue weighted by molar-refractivity contribution is 0.269. The molecule has 0 spiro atoms. The van der Waals surface area contributed by atoms with E-state index in [1.54, 1.807) is 24.3 Å². The van der Waals surface area contributed by atoms with Gasteiger partial charge in [0.1, 0.15) is 34.7 Å². The van der Waals surface area contributed by atoms with Crippen LogP contribution in [0.4, 0.5) is 42.9 Å². The first-order valence-electron chi connectivity index (χ1n) is 19.6. The molecule has 0 saturated heterocycles. The van der Waals surface area contributed by atoms with E-state index < -0.39 is 0 Å². The molecule has 0 bridgehead atoms. The molecule has 59 heavy (non-hydrogen) atoms. The molecule has 0 fully saturated rings. The molecule has 1 aliphatic carbocycles. The molecule has 0 radical (unpaired) electrons. The van der Waals surface area contributed by atoms with Crippen LogP contribution in [0.25, 0.3) is 54.6 Å². The highest BCUT2D eigenvalue weighted by Gasteiger charge is 2.37. The maximum Gasteiger partial charge on any atom is 0.162 e. The van der Waals surface area contributed by atoms with Crippen molar-refractivity contribution in [1.82, 2.24) is 0 Å². The number of para-hydroxylation sites is 4. The van der Waals surface area contributed by atoms with Gasteiger partial charge in [0.2, 0.25) is 0 Å². The van der Waals surface area contributed by atoms with E-state index in [1.807, 2.05) is 66.7 Å². The number of allylic oxidation sites excluding steroid dienone is 2. The fourth-order valence-corrected chi connectivity index (χ4v) is 9.15. The minimum absolute atomic E-state index is 0.0594. The quantitative estimate of drug-likeness (QED) is 0.158. The van der Waals surface area contributed by atoms with Crippen molar-refractivity contribution in [3.05, 3.63) is 199 Å². The molecule has 5 nitrogen and oxygen atoms in total. The summed E-state index contributed by atoms with van der Waals surface area (Å²) in [6.07, 6.45) is 8.22. The normalized spacial score (nSPS) is 15.6. The monoisotopic (exact) mass is 770 g/mol. The molecule has 0 N–H and O–H groups in total. The van der Waals surface area contributed by atoms with Crippen LogP contribution in [0.1, 0.15) is 11.5 Å². The SMILES string of the molecule is Fc1ccc(N(c2cccc3c2oc2ccccc23)c2c3ccccc3c(N(c3ccc(F)cc3)c3cccc4c3OC3C=CC=CC43)c3c2oc2ccccc23)cc1. The average Bonchev–Trinajstić information content (AvgIpc) is 3.98. The molecule has 2 aliphatic rings. The predicted octanol–water partition coefficient (Wildman–Crippen LogP) is 14.8. The molecule has 3 heterocycles. The van der Waals surface area contributed by atoms with Crippen LogP contribution in [0.5, 0.6) is 5.75 Å². The molecule has 2 atom stereocenters. The number of halogens is 2. The number of benzene rings is 8. The number of hydrogen-bond donors (Lipinski definition) is 0. The third-order valence-corrected chi connectivity index (χ3v) is 11.7. The Bertz CT molecular complexity index is 3360. The van der Waals surface area contributed by atoms with E-state index in [9.17, 15) is 8.78 Å². The van der Waals surface area contributed by atoms with E-state index in [4.69, 9.17) is 13.6 Å². The molecule has 8 aromatic carbocycles. The highest BCUT2D eigenvalue weighted by Crippen LogP contribution is 2.57. The molecule has 1 aliphatic heterocycles. The zero-order chi connectivity index (χ0) is 39.2. The Morgan fingerprint density at radius 2 is 0.983 bits per heavy atom. The van der Waals surface area contributed by atoms with Gasteiger partial charge >= 0.3 is 0 Å². The van der Waals surface area contributed by atoms with Gasteiger partial charge in [0, 0.05) is 49.8 Å². The highest BCUT2D eigenvalue weighted by atomic mass is 19.1. The molecule has 10 aromatic rings. The summed E-state index contributed by atoms with van der Waals surface area (Å²) in [5.41, 5.74) is 8.47. The van der Waals surface area contributed by atoms with Gasteiger partial charge in [-0.25, -0.2) is 8.78 Å². The van der Waals surface area contributed by atoms with Gasteiger partial charge < -0.3 is 23.4 Å². The molecule has 12 rings (SSSR count). The van der Waals surface area contributed by atoms with Gasteiger partial charge in [-0.1, -0.05) is 103 Å². The number of nitrogens with zero attached hydrogens (tertiary/aromatic N) is 2. The van der Waals surface area contributed by atoms with Crippen molar-refractivity contribution >= 4 is 88.8 Å². The first-order chi connectivity index (χ1) is 29.1. The molecule has 282 valence electrons. The van der Waals surface area contributed by atoms with Crippen molar-refractivity contribution < 1.29 is 22.4 Å². The van der Waals surface area contributed by atoms with E-state index in [0.29, 0.717) is 22.4 Å². The Hall–Kier alpha value is -7.64. The van der Waals surface area contributed by atoms with E-state index in [1.165, 1.54) is 24.3 Å². The number of fused-ring (bicyclic) bond motifs is 10. The number of ether oxygens (including phenoxy) is 1. The lowest BCUT2D eigenvalue weighted by Gasteiger charge is -2.32. The Morgan fingerprint density at radius 1 is 0.441 bits per heavy atom. The largest absolute Gasteiger partial charge is 0.483 e. The van der Waals surface area contributed by atoms with Gasteiger partial charge in [0.15, 0.2) is 11.2 Å². The molecule has 7 heteroatoms. The van der Waals surface area contributed by atoms with Gasteiger partial charge in [0.05, 0.1) is 28.1 Å². The van der Waals surface area contributed by atoms with Crippen molar-refractivity contribution in [3.8, 4) is 5.75 Å². The predicted molar refractivity (Wildman–Crippen MR) is 233 cm³/mol. The fraction of sp³-hybridized carbons (Fsp3) is 0.0385. The van der Waals surface area contributed by atoms with Crippen LogP contribution < -0.4 is 14.5 Å². The number of hydrogen-bond acceptors (Lipinski definition) is 5. The summed E-state index contributed by atoms with van der Waals surface area (Å²) in [7, 11) is 0. The van der Waals surface area contributed by atoms with Crippen molar-refractivity contribution in [2.45, 2.75) is 12.0 Å². The van der Waals surface area contributed by atoms with Gasteiger partial charge in [-0.3, -0.25) is 0 Å². The summed E-state index contributed by atoms with van der Waals surface area (Å²) >= 11 is 0. The summed E-state index contributed by atoms with van der Waals surface area (Å²) in [5.74, 6) is 0.146. The van der Waals surface area contributed by atoms with Crippen LogP contribution in [0.3, 0.4) is 0 Å². The van der Waals surface area contributed by atoms with E-state index in [0.717, 1.165) is 77.7 Å². The maximum atomic E-state index is 14.8. The van der Waals surface area contributed by atoms with Crippen LogP contribution in [-0.4, -0.2) is 6.10 Å². The Balaban J connectivity index is 1.23. The minimum Gasteiger partial charge on any atom is -0.483 e. The van der Waals surface area contributed by atoms with Gasteiger partial charge in [-0.05, 0) is 78.9 Å². The zero-order valence-corrected chi connectivity index (χ0v) is 31.4. The molecular formula is C52H32F2N2O3. The van der Waals surface area contributed by atoms with Crippen molar-refractivity contribution in [2.75, 3.05) is 9.80 Å². The molecule has 0 amide bonds. The molecule has 2 unspecified atom stereocenters. The van der Waals surface area contributed by atoms with Crippen molar-refractivity contribution in [3.63, 3.8) is 0 Å². The van der Waals surface area contributed by atoms with Gasteiger partial charge in [0.25, 0.3) is 0 Å². The number of furan rings is 2. The Morgan fingerprint density at radius 3 is 1.71 bits per heavy atom. The van der Waals surface area contributed by atoms with Crippen LogP contribution in [0, 0.1) is 11.6 Å². The lowest BCUT2D eigenvalue weighted by Crippen LogP contribution is -2.16. The van der Waals surface area contributed by atoms with Crippen LogP contribution >= 0.6 is 0 Å². The zero-order valence-electron chi connectivity index (χ0n) is 31.4. The van der Waals surface area contributed by atoms with Gasteiger partial charge in [-0.2, -0.15) is 0 Å². The molecular weight excluding hydrogens is 739 g/mol. The van der Waals surface area contributed by atoms with Crippen molar-refractivity contribution in [2.24, 2.45) is 0 Å². The second-order valence-corrected chi connectivity index (χ2v) is 15.0. The van der Waals surface area contributed by atoms with E-state index in [-0.39, 0.29) is 23.7 Å².